The maximum absolute atomic E-state index is 14.4. The van der Waals surface area contributed by atoms with Gasteiger partial charge in [-0.05, 0) is 18.9 Å². The third-order valence-electron chi connectivity index (χ3n) is 6.17. The molecule has 0 N–H and O–H groups in total. The van der Waals surface area contributed by atoms with Gasteiger partial charge < -0.3 is 14.5 Å². The van der Waals surface area contributed by atoms with Gasteiger partial charge in [-0.3, -0.25) is 0 Å². The fourth-order valence-corrected chi connectivity index (χ4v) is 4.58. The number of rotatable bonds is 1. The fraction of sp³-hybridized carbons (Fsp3) is 0.500. The number of carbonyl (C=O) groups is 1. The standard InChI is InChI=1S/C20H21F3N4O2/c21-15-10-17(23)16(22)9-13(15)19-14-11-29-8-3-18(14)27(24-19)20(28)26-7-6-25-4-1-12(26)2-5-25/h9-10,12H,1-8,11H2. The summed E-state index contributed by atoms with van der Waals surface area (Å²) in [7, 11) is 0. The number of benzene rings is 1. The Morgan fingerprint density at radius 3 is 2.59 bits per heavy atom. The average Bonchev–Trinajstić information content (AvgIpc) is 2.85. The first-order valence-corrected chi connectivity index (χ1v) is 9.89. The van der Waals surface area contributed by atoms with Crippen LogP contribution in [0.25, 0.3) is 11.3 Å². The highest BCUT2D eigenvalue weighted by atomic mass is 19.2. The van der Waals surface area contributed by atoms with E-state index in [1.165, 1.54) is 4.68 Å². The van der Waals surface area contributed by atoms with E-state index >= 15 is 0 Å². The monoisotopic (exact) mass is 406 g/mol. The van der Waals surface area contributed by atoms with Gasteiger partial charge in [0, 0.05) is 55.8 Å². The molecule has 5 heterocycles. The Balaban J connectivity index is 1.58. The van der Waals surface area contributed by atoms with Crippen LogP contribution in [0, 0.1) is 17.5 Å². The molecule has 2 aromatic rings. The SMILES string of the molecule is O=C(N1CCN2CCC1CC2)n1nc(-c2cc(F)c(F)cc2F)c2c1CCOC2. The summed E-state index contributed by atoms with van der Waals surface area (Å²) in [4.78, 5) is 17.6. The minimum Gasteiger partial charge on any atom is -0.376 e. The molecular formula is C20H21F3N4O2. The van der Waals surface area contributed by atoms with Gasteiger partial charge in [-0.2, -0.15) is 9.78 Å². The number of amides is 1. The topological polar surface area (TPSA) is 50.6 Å². The quantitative estimate of drug-likeness (QED) is 0.684. The van der Waals surface area contributed by atoms with Gasteiger partial charge in [0.1, 0.15) is 11.5 Å². The van der Waals surface area contributed by atoms with Crippen LogP contribution in [-0.2, 0) is 17.8 Å². The first-order chi connectivity index (χ1) is 14.0. The third kappa shape index (κ3) is 3.12. The summed E-state index contributed by atoms with van der Waals surface area (Å²) in [6.07, 6.45) is 2.29. The minimum atomic E-state index is -1.26. The van der Waals surface area contributed by atoms with Crippen LogP contribution in [0.4, 0.5) is 18.0 Å². The molecule has 0 aliphatic carbocycles. The molecule has 6 nitrogen and oxygen atoms in total. The van der Waals surface area contributed by atoms with E-state index in [4.69, 9.17) is 4.74 Å². The second-order valence-corrected chi connectivity index (χ2v) is 7.78. The maximum Gasteiger partial charge on any atom is 0.345 e. The Morgan fingerprint density at radius 1 is 1.03 bits per heavy atom. The number of ether oxygens (including phenoxy) is 1. The Morgan fingerprint density at radius 2 is 1.79 bits per heavy atom. The summed E-state index contributed by atoms with van der Waals surface area (Å²) in [5.41, 5.74) is 1.17. The smallest absolute Gasteiger partial charge is 0.345 e. The van der Waals surface area contributed by atoms with E-state index in [-0.39, 0.29) is 29.9 Å². The number of aromatic nitrogens is 2. The van der Waals surface area contributed by atoms with Gasteiger partial charge in [0.05, 0.1) is 18.9 Å². The molecule has 1 aromatic carbocycles. The van der Waals surface area contributed by atoms with E-state index in [9.17, 15) is 18.0 Å². The fourth-order valence-electron chi connectivity index (χ4n) is 4.58. The lowest BCUT2D eigenvalue weighted by Crippen LogP contribution is -2.44. The van der Waals surface area contributed by atoms with E-state index in [0.717, 1.165) is 38.5 Å². The molecule has 154 valence electrons. The number of hydrogen-bond acceptors (Lipinski definition) is 4. The van der Waals surface area contributed by atoms with Crippen LogP contribution in [0.3, 0.4) is 0 Å². The summed E-state index contributed by atoms with van der Waals surface area (Å²) in [5, 5.41) is 4.38. The Labute approximate surface area is 165 Å². The van der Waals surface area contributed by atoms with Crippen LogP contribution < -0.4 is 0 Å². The van der Waals surface area contributed by atoms with Crippen molar-refractivity contribution in [3.8, 4) is 11.3 Å². The van der Waals surface area contributed by atoms with E-state index in [1.54, 1.807) is 0 Å². The van der Waals surface area contributed by atoms with Gasteiger partial charge >= 0.3 is 6.03 Å². The molecule has 0 saturated carbocycles. The van der Waals surface area contributed by atoms with Crippen molar-refractivity contribution >= 4 is 6.03 Å². The molecule has 9 heteroatoms. The van der Waals surface area contributed by atoms with Gasteiger partial charge in [-0.1, -0.05) is 0 Å². The highest BCUT2D eigenvalue weighted by Gasteiger charge is 2.35. The van der Waals surface area contributed by atoms with Gasteiger partial charge in [-0.15, -0.1) is 0 Å². The zero-order valence-corrected chi connectivity index (χ0v) is 15.8. The number of fused-ring (bicyclic) bond motifs is 5. The van der Waals surface area contributed by atoms with Gasteiger partial charge in [0.25, 0.3) is 0 Å². The third-order valence-corrected chi connectivity index (χ3v) is 6.17. The molecule has 1 aromatic heterocycles. The van der Waals surface area contributed by atoms with Crippen molar-refractivity contribution < 1.29 is 22.7 Å². The van der Waals surface area contributed by atoms with Crippen LogP contribution >= 0.6 is 0 Å². The molecular weight excluding hydrogens is 385 g/mol. The van der Waals surface area contributed by atoms with Gasteiger partial charge in [-0.25, -0.2) is 18.0 Å². The maximum atomic E-state index is 14.4. The Hall–Kier alpha value is -2.39. The highest BCUT2D eigenvalue weighted by Crippen LogP contribution is 2.33. The predicted molar refractivity (Wildman–Crippen MR) is 97.9 cm³/mol. The normalized spacial score (nSPS) is 23.8. The first-order valence-electron chi connectivity index (χ1n) is 9.89. The summed E-state index contributed by atoms with van der Waals surface area (Å²) < 4.78 is 48.4. The Bertz CT molecular complexity index is 969. The lowest BCUT2D eigenvalue weighted by molar-refractivity contribution is 0.108. The molecule has 4 aliphatic heterocycles. The summed E-state index contributed by atoms with van der Waals surface area (Å²) in [5.74, 6) is -3.34. The Kier molecular flexibility index (Phi) is 4.59. The van der Waals surface area contributed by atoms with Gasteiger partial charge in [0.15, 0.2) is 11.6 Å². The van der Waals surface area contributed by atoms with Crippen molar-refractivity contribution in [2.45, 2.75) is 31.9 Å². The van der Waals surface area contributed by atoms with E-state index in [1.807, 2.05) is 4.90 Å². The number of piperidine rings is 1. The molecule has 3 saturated heterocycles. The lowest BCUT2D eigenvalue weighted by atomic mass is 10.0. The van der Waals surface area contributed by atoms with Crippen molar-refractivity contribution in [1.82, 2.24) is 19.6 Å². The molecule has 6 rings (SSSR count). The molecule has 3 fully saturated rings. The summed E-state index contributed by atoms with van der Waals surface area (Å²) >= 11 is 0. The van der Waals surface area contributed by atoms with Gasteiger partial charge in [0.2, 0.25) is 0 Å². The first kappa shape index (κ1) is 18.6. The predicted octanol–water partition coefficient (Wildman–Crippen LogP) is 2.79. The van der Waals surface area contributed by atoms with E-state index in [2.05, 4.69) is 10.00 Å². The van der Waals surface area contributed by atoms with Crippen molar-refractivity contribution in [3.63, 3.8) is 0 Å². The van der Waals surface area contributed by atoms with Crippen LogP contribution in [0.5, 0.6) is 0 Å². The molecule has 2 bridgehead atoms. The highest BCUT2D eigenvalue weighted by molar-refractivity contribution is 5.80. The van der Waals surface area contributed by atoms with Crippen LogP contribution in [-0.4, -0.2) is 64.4 Å². The summed E-state index contributed by atoms with van der Waals surface area (Å²) in [6, 6.07) is 1.21. The van der Waals surface area contributed by atoms with Crippen LogP contribution in [0.1, 0.15) is 24.1 Å². The molecule has 0 radical (unpaired) electrons. The largest absolute Gasteiger partial charge is 0.376 e. The zero-order chi connectivity index (χ0) is 20.1. The van der Waals surface area contributed by atoms with E-state index < -0.39 is 17.5 Å². The average molecular weight is 406 g/mol. The molecule has 0 unspecified atom stereocenters. The number of carbonyl (C=O) groups excluding carboxylic acids is 1. The second kappa shape index (κ2) is 7.14. The van der Waals surface area contributed by atoms with Crippen molar-refractivity contribution in [2.75, 3.05) is 32.8 Å². The molecule has 0 atom stereocenters. The zero-order valence-electron chi connectivity index (χ0n) is 15.8. The second-order valence-electron chi connectivity index (χ2n) is 7.78. The van der Waals surface area contributed by atoms with Crippen LogP contribution in [0.15, 0.2) is 12.1 Å². The van der Waals surface area contributed by atoms with Crippen LogP contribution in [0.2, 0.25) is 0 Å². The lowest BCUT2D eigenvalue weighted by Gasteiger charge is -2.31. The molecule has 29 heavy (non-hydrogen) atoms. The minimum absolute atomic E-state index is 0.132. The number of hydrogen-bond donors (Lipinski definition) is 0. The van der Waals surface area contributed by atoms with Crippen molar-refractivity contribution in [1.29, 1.82) is 0 Å². The molecule has 1 amide bonds. The van der Waals surface area contributed by atoms with Crippen molar-refractivity contribution in [3.05, 3.63) is 40.8 Å². The molecule has 4 aliphatic rings. The molecule has 0 spiro atoms. The van der Waals surface area contributed by atoms with E-state index in [0.29, 0.717) is 36.9 Å². The number of halogens is 3. The summed E-state index contributed by atoms with van der Waals surface area (Å²) in [6.45, 7) is 3.95. The van der Waals surface area contributed by atoms with Crippen molar-refractivity contribution in [2.24, 2.45) is 0 Å². The number of nitrogens with zero attached hydrogens (tertiary/aromatic N) is 4.